The first-order chi connectivity index (χ1) is 11.5. The second kappa shape index (κ2) is 7.01. The Labute approximate surface area is 144 Å². The number of likely N-dealkylation sites (tertiary alicyclic amines) is 1. The van der Waals surface area contributed by atoms with Crippen LogP contribution in [0.1, 0.15) is 56.2 Å². The number of hydrogen-bond donors (Lipinski definition) is 2. The lowest BCUT2D eigenvalue weighted by Crippen LogP contribution is -2.43. The summed E-state index contributed by atoms with van der Waals surface area (Å²) in [7, 11) is 1.75. The van der Waals surface area contributed by atoms with Gasteiger partial charge in [-0.1, -0.05) is 12.1 Å². The zero-order valence-electron chi connectivity index (χ0n) is 14.7. The summed E-state index contributed by atoms with van der Waals surface area (Å²) >= 11 is 0. The fraction of sp³-hybridized carbons (Fsp3) is 0.632. The van der Waals surface area contributed by atoms with Gasteiger partial charge in [-0.25, -0.2) is 4.79 Å². The number of phenols is 1. The maximum absolute atomic E-state index is 12.7. The lowest BCUT2D eigenvalue weighted by Gasteiger charge is -2.30. The summed E-state index contributed by atoms with van der Waals surface area (Å²) < 4.78 is 5.61. The normalized spacial score (nSPS) is 27.2. The number of amides is 2. The number of nitrogens with zero attached hydrogens (tertiary/aromatic N) is 1. The number of aromatic hydroxyl groups is 1. The minimum absolute atomic E-state index is 0.00320. The molecule has 2 amide bonds. The molecule has 2 aliphatic rings. The van der Waals surface area contributed by atoms with Crippen LogP contribution in [0.25, 0.3) is 0 Å². The highest BCUT2D eigenvalue weighted by Crippen LogP contribution is 2.35. The van der Waals surface area contributed by atoms with Crippen LogP contribution >= 0.6 is 0 Å². The van der Waals surface area contributed by atoms with Crippen LogP contribution in [-0.4, -0.2) is 41.8 Å². The standard InChI is InChI=1S/C19H28N2O3/c1-19(24-2)10-5-12-21(13-11-19)18(23)20-16-8-3-7-15-14(16)6-4-9-17(15)22/h4,6,9,16,22H,3,5,7-8,10-13H2,1-2H3,(H,20,23)/t16-,19-/m0/s1. The highest BCUT2D eigenvalue weighted by molar-refractivity contribution is 5.75. The number of methoxy groups -OCH3 is 1. The number of rotatable bonds is 2. The molecule has 2 atom stereocenters. The first kappa shape index (κ1) is 17.1. The molecule has 1 aromatic carbocycles. The summed E-state index contributed by atoms with van der Waals surface area (Å²) in [5.41, 5.74) is 1.92. The number of ether oxygens (including phenoxy) is 1. The van der Waals surface area contributed by atoms with Gasteiger partial charge in [0.1, 0.15) is 5.75 Å². The van der Waals surface area contributed by atoms with E-state index in [1.807, 2.05) is 17.0 Å². The molecule has 132 valence electrons. The van der Waals surface area contributed by atoms with Crippen molar-refractivity contribution in [3.63, 3.8) is 0 Å². The first-order valence-electron chi connectivity index (χ1n) is 8.94. The van der Waals surface area contributed by atoms with Crippen LogP contribution in [0.3, 0.4) is 0 Å². The Bertz CT molecular complexity index is 604. The molecule has 5 heteroatoms. The van der Waals surface area contributed by atoms with Crippen LogP contribution < -0.4 is 5.32 Å². The van der Waals surface area contributed by atoms with Crippen molar-refractivity contribution in [2.75, 3.05) is 20.2 Å². The predicted octanol–water partition coefficient (Wildman–Crippen LogP) is 3.37. The second-order valence-electron chi connectivity index (χ2n) is 7.23. The first-order valence-corrected chi connectivity index (χ1v) is 8.94. The quantitative estimate of drug-likeness (QED) is 0.873. The molecule has 1 heterocycles. The van der Waals surface area contributed by atoms with Gasteiger partial charge in [0.25, 0.3) is 0 Å². The Morgan fingerprint density at radius 2 is 2.17 bits per heavy atom. The van der Waals surface area contributed by atoms with Crippen LogP contribution in [0, 0.1) is 0 Å². The molecule has 0 spiro atoms. The van der Waals surface area contributed by atoms with Crippen molar-refractivity contribution in [2.45, 2.75) is 57.1 Å². The highest BCUT2D eigenvalue weighted by Gasteiger charge is 2.30. The van der Waals surface area contributed by atoms with Crippen LogP contribution in [0.15, 0.2) is 18.2 Å². The van der Waals surface area contributed by atoms with Gasteiger partial charge in [-0.3, -0.25) is 0 Å². The van der Waals surface area contributed by atoms with Crippen LogP contribution in [0.2, 0.25) is 0 Å². The predicted molar refractivity (Wildman–Crippen MR) is 93.2 cm³/mol. The number of carbonyl (C=O) groups excluding carboxylic acids is 1. The Morgan fingerprint density at radius 1 is 1.33 bits per heavy atom. The van der Waals surface area contributed by atoms with Gasteiger partial charge in [0.15, 0.2) is 0 Å². The summed E-state index contributed by atoms with van der Waals surface area (Å²) in [4.78, 5) is 14.6. The average Bonchev–Trinajstić information content (AvgIpc) is 2.78. The largest absolute Gasteiger partial charge is 0.508 e. The van der Waals surface area contributed by atoms with E-state index >= 15 is 0 Å². The zero-order valence-corrected chi connectivity index (χ0v) is 14.7. The molecule has 0 bridgehead atoms. The van der Waals surface area contributed by atoms with Gasteiger partial charge < -0.3 is 20.1 Å². The maximum Gasteiger partial charge on any atom is 0.317 e. The minimum atomic E-state index is -0.127. The monoisotopic (exact) mass is 332 g/mol. The number of fused-ring (bicyclic) bond motifs is 1. The fourth-order valence-corrected chi connectivity index (χ4v) is 3.88. The summed E-state index contributed by atoms with van der Waals surface area (Å²) in [5.74, 6) is 0.345. The zero-order chi connectivity index (χ0) is 17.2. The van der Waals surface area contributed by atoms with Gasteiger partial charge in [0.2, 0.25) is 0 Å². The van der Waals surface area contributed by atoms with E-state index in [4.69, 9.17) is 4.74 Å². The third kappa shape index (κ3) is 3.51. The van der Waals surface area contributed by atoms with Crippen molar-refractivity contribution in [1.29, 1.82) is 0 Å². The molecule has 2 N–H and O–H groups in total. The van der Waals surface area contributed by atoms with Gasteiger partial charge in [-0.2, -0.15) is 0 Å². The second-order valence-corrected chi connectivity index (χ2v) is 7.23. The van der Waals surface area contributed by atoms with Gasteiger partial charge in [0, 0.05) is 20.2 Å². The summed E-state index contributed by atoms with van der Waals surface area (Å²) in [6.07, 6.45) is 5.58. The van der Waals surface area contributed by atoms with Gasteiger partial charge in [0.05, 0.1) is 11.6 Å². The third-order valence-corrected chi connectivity index (χ3v) is 5.60. The van der Waals surface area contributed by atoms with Crippen molar-refractivity contribution in [2.24, 2.45) is 0 Å². The molecule has 1 saturated heterocycles. The van der Waals surface area contributed by atoms with Crippen molar-refractivity contribution < 1.29 is 14.6 Å². The number of phenolic OH excluding ortho intramolecular Hbond substituents is 1. The minimum Gasteiger partial charge on any atom is -0.508 e. The number of nitrogens with one attached hydrogen (secondary N) is 1. The fourth-order valence-electron chi connectivity index (χ4n) is 3.88. The number of benzene rings is 1. The van der Waals surface area contributed by atoms with Crippen LogP contribution in [0.5, 0.6) is 5.75 Å². The SMILES string of the molecule is CO[C@@]1(C)CCCN(C(=O)N[C@H]2CCCc3c(O)cccc32)CC1. The Kier molecular flexibility index (Phi) is 4.99. The lowest BCUT2D eigenvalue weighted by atomic mass is 9.87. The molecule has 0 unspecified atom stereocenters. The summed E-state index contributed by atoms with van der Waals surface area (Å²) in [6.45, 7) is 3.61. The molecule has 5 nitrogen and oxygen atoms in total. The van der Waals surface area contributed by atoms with Gasteiger partial charge >= 0.3 is 6.03 Å². The topological polar surface area (TPSA) is 61.8 Å². The van der Waals surface area contributed by atoms with E-state index in [2.05, 4.69) is 12.2 Å². The van der Waals surface area contributed by atoms with E-state index < -0.39 is 0 Å². The molecule has 1 fully saturated rings. The molecule has 3 rings (SSSR count). The van der Waals surface area contributed by atoms with Gasteiger partial charge in [-0.15, -0.1) is 0 Å². The molecular formula is C19H28N2O3. The van der Waals surface area contributed by atoms with E-state index in [0.29, 0.717) is 5.75 Å². The summed E-state index contributed by atoms with van der Waals surface area (Å²) in [6, 6.07) is 5.59. The van der Waals surface area contributed by atoms with E-state index in [0.717, 1.165) is 62.7 Å². The molecule has 0 aromatic heterocycles. The molecular weight excluding hydrogens is 304 g/mol. The summed E-state index contributed by atoms with van der Waals surface area (Å²) in [5, 5.41) is 13.2. The van der Waals surface area contributed by atoms with E-state index in [1.54, 1.807) is 13.2 Å². The molecule has 1 aliphatic heterocycles. The lowest BCUT2D eigenvalue weighted by molar-refractivity contribution is -0.00501. The van der Waals surface area contributed by atoms with E-state index in [1.165, 1.54) is 0 Å². The third-order valence-electron chi connectivity index (χ3n) is 5.60. The molecule has 0 saturated carbocycles. The maximum atomic E-state index is 12.7. The van der Waals surface area contributed by atoms with Crippen LogP contribution in [-0.2, 0) is 11.2 Å². The van der Waals surface area contributed by atoms with Crippen LogP contribution in [0.4, 0.5) is 4.79 Å². The number of urea groups is 1. The Balaban J connectivity index is 1.67. The molecule has 0 radical (unpaired) electrons. The average molecular weight is 332 g/mol. The Morgan fingerprint density at radius 3 is 2.96 bits per heavy atom. The molecule has 24 heavy (non-hydrogen) atoms. The smallest absolute Gasteiger partial charge is 0.317 e. The van der Waals surface area contributed by atoms with E-state index in [9.17, 15) is 9.90 Å². The molecule has 1 aromatic rings. The van der Waals surface area contributed by atoms with E-state index in [-0.39, 0.29) is 17.7 Å². The van der Waals surface area contributed by atoms with Crippen molar-refractivity contribution in [1.82, 2.24) is 10.2 Å². The number of carbonyl (C=O) groups is 1. The molecule has 1 aliphatic carbocycles. The number of hydrogen-bond acceptors (Lipinski definition) is 3. The van der Waals surface area contributed by atoms with Crippen molar-refractivity contribution in [3.8, 4) is 5.75 Å². The Hall–Kier alpha value is -1.75. The van der Waals surface area contributed by atoms with Crippen molar-refractivity contribution >= 4 is 6.03 Å². The highest BCUT2D eigenvalue weighted by atomic mass is 16.5. The van der Waals surface area contributed by atoms with Crippen molar-refractivity contribution in [3.05, 3.63) is 29.3 Å². The van der Waals surface area contributed by atoms with Gasteiger partial charge in [-0.05, 0) is 62.6 Å².